The first-order valence-corrected chi connectivity index (χ1v) is 5.14. The van der Waals surface area contributed by atoms with Gasteiger partial charge < -0.3 is 10.2 Å². The molecular weight excluding hydrogens is 164 g/mol. The summed E-state index contributed by atoms with van der Waals surface area (Å²) in [6.07, 6.45) is 1.16. The number of amides is 1. The van der Waals surface area contributed by atoms with E-state index in [1.165, 1.54) is 0 Å². The smallest absolute Gasteiger partial charge is 0.236 e. The first kappa shape index (κ1) is 10.5. The van der Waals surface area contributed by atoms with Crippen molar-refractivity contribution < 1.29 is 4.79 Å². The zero-order valence-electron chi connectivity index (χ0n) is 8.84. The highest BCUT2D eigenvalue weighted by atomic mass is 16.2. The number of carbonyl (C=O) groups is 1. The van der Waals surface area contributed by atoms with E-state index in [1.54, 1.807) is 0 Å². The van der Waals surface area contributed by atoms with Crippen molar-refractivity contribution in [1.29, 1.82) is 0 Å². The van der Waals surface area contributed by atoms with Crippen molar-refractivity contribution in [1.82, 2.24) is 10.2 Å². The van der Waals surface area contributed by atoms with Crippen molar-refractivity contribution >= 4 is 5.91 Å². The number of rotatable bonds is 3. The number of piperazine rings is 1. The van der Waals surface area contributed by atoms with E-state index in [9.17, 15) is 4.79 Å². The Labute approximate surface area is 80.5 Å². The molecule has 1 N–H and O–H groups in total. The maximum Gasteiger partial charge on any atom is 0.236 e. The van der Waals surface area contributed by atoms with Gasteiger partial charge in [0, 0.05) is 19.1 Å². The number of hydrogen-bond acceptors (Lipinski definition) is 2. The summed E-state index contributed by atoms with van der Waals surface area (Å²) in [5, 5.41) is 3.27. The standard InChI is InChI=1S/C10H20N2O/c1-4-12-7-9(5-8(2)3)11-6-10(12)13/h8-9,11H,4-7H2,1-3H3/t9-/m1/s1. The third kappa shape index (κ3) is 2.99. The second-order valence-electron chi connectivity index (χ2n) is 4.14. The fourth-order valence-corrected chi connectivity index (χ4v) is 1.81. The number of nitrogens with one attached hydrogen (secondary N) is 1. The average Bonchev–Trinajstić information content (AvgIpc) is 2.07. The van der Waals surface area contributed by atoms with Crippen LogP contribution < -0.4 is 5.32 Å². The summed E-state index contributed by atoms with van der Waals surface area (Å²) < 4.78 is 0. The monoisotopic (exact) mass is 184 g/mol. The summed E-state index contributed by atoms with van der Waals surface area (Å²) in [7, 11) is 0. The summed E-state index contributed by atoms with van der Waals surface area (Å²) in [6.45, 7) is 8.71. The molecule has 0 aromatic heterocycles. The normalized spacial score (nSPS) is 24.2. The van der Waals surface area contributed by atoms with Crippen LogP contribution in [0.5, 0.6) is 0 Å². The van der Waals surface area contributed by atoms with Gasteiger partial charge in [0.2, 0.25) is 5.91 Å². The lowest BCUT2D eigenvalue weighted by molar-refractivity contribution is -0.132. The lowest BCUT2D eigenvalue weighted by Crippen LogP contribution is -2.54. The topological polar surface area (TPSA) is 32.3 Å². The second kappa shape index (κ2) is 4.61. The molecule has 0 spiro atoms. The molecule has 3 heteroatoms. The maximum atomic E-state index is 11.3. The minimum absolute atomic E-state index is 0.238. The Morgan fingerprint density at radius 2 is 2.31 bits per heavy atom. The van der Waals surface area contributed by atoms with E-state index >= 15 is 0 Å². The molecule has 1 aliphatic rings. The van der Waals surface area contributed by atoms with Gasteiger partial charge in [0.05, 0.1) is 6.54 Å². The van der Waals surface area contributed by atoms with Crippen LogP contribution in [-0.4, -0.2) is 36.5 Å². The highest BCUT2D eigenvalue weighted by molar-refractivity contribution is 5.79. The molecule has 1 fully saturated rings. The van der Waals surface area contributed by atoms with Gasteiger partial charge >= 0.3 is 0 Å². The number of nitrogens with zero attached hydrogens (tertiary/aromatic N) is 1. The van der Waals surface area contributed by atoms with E-state index in [2.05, 4.69) is 19.2 Å². The predicted molar refractivity (Wildman–Crippen MR) is 53.5 cm³/mol. The molecule has 0 aliphatic carbocycles. The van der Waals surface area contributed by atoms with Crippen LogP contribution in [0.15, 0.2) is 0 Å². The molecule has 1 atom stereocenters. The fourth-order valence-electron chi connectivity index (χ4n) is 1.81. The first-order valence-electron chi connectivity index (χ1n) is 5.14. The summed E-state index contributed by atoms with van der Waals surface area (Å²) in [5.74, 6) is 0.937. The van der Waals surface area contributed by atoms with Crippen LogP contribution in [0, 0.1) is 5.92 Å². The van der Waals surface area contributed by atoms with Crippen molar-refractivity contribution in [2.45, 2.75) is 33.2 Å². The SMILES string of the molecule is CCN1C[C@@H](CC(C)C)NCC1=O. The maximum absolute atomic E-state index is 11.3. The van der Waals surface area contributed by atoms with Crippen LogP contribution in [0.2, 0.25) is 0 Å². The molecule has 0 radical (unpaired) electrons. The van der Waals surface area contributed by atoms with Crippen molar-refractivity contribution in [2.75, 3.05) is 19.6 Å². The third-order valence-electron chi connectivity index (χ3n) is 2.47. The second-order valence-corrected chi connectivity index (χ2v) is 4.14. The zero-order valence-corrected chi connectivity index (χ0v) is 8.84. The minimum Gasteiger partial charge on any atom is -0.340 e. The molecular formula is C10H20N2O. The van der Waals surface area contributed by atoms with E-state index in [1.807, 2.05) is 11.8 Å². The number of hydrogen-bond donors (Lipinski definition) is 1. The third-order valence-corrected chi connectivity index (χ3v) is 2.47. The van der Waals surface area contributed by atoms with Gasteiger partial charge in [0.1, 0.15) is 0 Å². The van der Waals surface area contributed by atoms with E-state index < -0.39 is 0 Å². The Kier molecular flexibility index (Phi) is 3.72. The van der Waals surface area contributed by atoms with Crippen LogP contribution in [0.25, 0.3) is 0 Å². The highest BCUT2D eigenvalue weighted by Gasteiger charge is 2.23. The molecule has 1 amide bonds. The Balaban J connectivity index is 2.40. The number of likely N-dealkylation sites (N-methyl/N-ethyl adjacent to an activating group) is 1. The summed E-state index contributed by atoms with van der Waals surface area (Å²) in [5.41, 5.74) is 0. The molecule has 0 unspecified atom stereocenters. The Morgan fingerprint density at radius 1 is 1.62 bits per heavy atom. The van der Waals surface area contributed by atoms with E-state index in [0.29, 0.717) is 18.5 Å². The minimum atomic E-state index is 0.238. The van der Waals surface area contributed by atoms with E-state index in [-0.39, 0.29) is 5.91 Å². The lowest BCUT2D eigenvalue weighted by Gasteiger charge is -2.33. The van der Waals surface area contributed by atoms with Crippen LogP contribution in [0.4, 0.5) is 0 Å². The van der Waals surface area contributed by atoms with Crippen LogP contribution in [0.1, 0.15) is 27.2 Å². The lowest BCUT2D eigenvalue weighted by atomic mass is 10.0. The predicted octanol–water partition coefficient (Wildman–Crippen LogP) is 0.853. The van der Waals surface area contributed by atoms with Crippen molar-refractivity contribution in [3.05, 3.63) is 0 Å². The average molecular weight is 184 g/mol. The number of carbonyl (C=O) groups excluding carboxylic acids is 1. The molecule has 1 aliphatic heterocycles. The summed E-state index contributed by atoms with van der Waals surface area (Å²) in [6, 6.07) is 0.498. The van der Waals surface area contributed by atoms with Gasteiger partial charge in [-0.3, -0.25) is 4.79 Å². The van der Waals surface area contributed by atoms with E-state index in [0.717, 1.165) is 19.5 Å². The van der Waals surface area contributed by atoms with Crippen LogP contribution in [0.3, 0.4) is 0 Å². The first-order chi connectivity index (χ1) is 6.13. The molecule has 0 saturated carbocycles. The van der Waals surface area contributed by atoms with Crippen molar-refractivity contribution in [3.63, 3.8) is 0 Å². The van der Waals surface area contributed by atoms with Gasteiger partial charge in [-0.2, -0.15) is 0 Å². The Hall–Kier alpha value is -0.570. The molecule has 1 rings (SSSR count). The van der Waals surface area contributed by atoms with Gasteiger partial charge in [0.25, 0.3) is 0 Å². The van der Waals surface area contributed by atoms with E-state index in [4.69, 9.17) is 0 Å². The fraction of sp³-hybridized carbons (Fsp3) is 0.900. The molecule has 76 valence electrons. The quantitative estimate of drug-likeness (QED) is 0.705. The summed E-state index contributed by atoms with van der Waals surface area (Å²) in [4.78, 5) is 13.3. The highest BCUT2D eigenvalue weighted by Crippen LogP contribution is 2.09. The van der Waals surface area contributed by atoms with Crippen molar-refractivity contribution in [3.8, 4) is 0 Å². The Morgan fingerprint density at radius 3 is 2.85 bits per heavy atom. The summed E-state index contributed by atoms with van der Waals surface area (Å²) >= 11 is 0. The molecule has 3 nitrogen and oxygen atoms in total. The van der Waals surface area contributed by atoms with Gasteiger partial charge in [0.15, 0.2) is 0 Å². The van der Waals surface area contributed by atoms with Gasteiger partial charge in [-0.05, 0) is 19.3 Å². The van der Waals surface area contributed by atoms with Crippen LogP contribution in [-0.2, 0) is 4.79 Å². The van der Waals surface area contributed by atoms with Crippen molar-refractivity contribution in [2.24, 2.45) is 5.92 Å². The zero-order chi connectivity index (χ0) is 9.84. The van der Waals surface area contributed by atoms with Gasteiger partial charge in [-0.1, -0.05) is 13.8 Å². The van der Waals surface area contributed by atoms with Gasteiger partial charge in [-0.25, -0.2) is 0 Å². The molecule has 0 bridgehead atoms. The van der Waals surface area contributed by atoms with Crippen LogP contribution >= 0.6 is 0 Å². The molecule has 0 aromatic rings. The van der Waals surface area contributed by atoms with Gasteiger partial charge in [-0.15, -0.1) is 0 Å². The molecule has 1 heterocycles. The molecule has 13 heavy (non-hydrogen) atoms. The largest absolute Gasteiger partial charge is 0.340 e. The Bertz CT molecular complexity index is 180. The molecule has 0 aromatic carbocycles. The molecule has 1 saturated heterocycles.